The van der Waals surface area contributed by atoms with Gasteiger partial charge in [0.1, 0.15) is 5.41 Å². The Kier molecular flexibility index (Phi) is 4.04. The number of piperazine rings is 1. The number of amides is 1. The second kappa shape index (κ2) is 5.55. The maximum absolute atomic E-state index is 11.5. The molecule has 2 rings (SSSR count). The SMILES string of the molecule is CCOC(=O)N1CCN(CC2(C#N)COC2)CC1. The van der Waals surface area contributed by atoms with Crippen LogP contribution in [0.25, 0.3) is 0 Å². The van der Waals surface area contributed by atoms with E-state index in [1.165, 1.54) is 0 Å². The molecule has 100 valence electrons. The van der Waals surface area contributed by atoms with Gasteiger partial charge in [-0.2, -0.15) is 5.26 Å². The number of hydrogen-bond acceptors (Lipinski definition) is 5. The predicted molar refractivity (Wildman–Crippen MR) is 63.9 cm³/mol. The molecule has 0 aromatic rings. The number of carbonyl (C=O) groups excluding carboxylic acids is 1. The van der Waals surface area contributed by atoms with E-state index in [0.29, 0.717) is 32.9 Å². The highest BCUT2D eigenvalue weighted by Crippen LogP contribution is 2.27. The van der Waals surface area contributed by atoms with E-state index in [9.17, 15) is 4.79 Å². The lowest BCUT2D eigenvalue weighted by atomic mass is 9.87. The molecule has 2 aliphatic rings. The summed E-state index contributed by atoms with van der Waals surface area (Å²) in [6.45, 7) is 6.94. The molecule has 0 bridgehead atoms. The first kappa shape index (κ1) is 13.1. The summed E-state index contributed by atoms with van der Waals surface area (Å²) >= 11 is 0. The van der Waals surface area contributed by atoms with Gasteiger partial charge in [-0.15, -0.1) is 0 Å². The summed E-state index contributed by atoms with van der Waals surface area (Å²) in [6.07, 6.45) is -0.237. The molecule has 2 heterocycles. The Morgan fingerprint density at radius 1 is 1.39 bits per heavy atom. The van der Waals surface area contributed by atoms with Crippen molar-refractivity contribution in [2.75, 3.05) is 52.5 Å². The monoisotopic (exact) mass is 253 g/mol. The maximum Gasteiger partial charge on any atom is 0.409 e. The highest BCUT2D eigenvalue weighted by molar-refractivity contribution is 5.67. The van der Waals surface area contributed by atoms with Crippen molar-refractivity contribution in [2.45, 2.75) is 6.92 Å². The van der Waals surface area contributed by atoms with Crippen LogP contribution < -0.4 is 0 Å². The smallest absolute Gasteiger partial charge is 0.409 e. The number of nitriles is 1. The van der Waals surface area contributed by atoms with Gasteiger partial charge in [-0.25, -0.2) is 4.79 Å². The Bertz CT molecular complexity index is 341. The van der Waals surface area contributed by atoms with Crippen LogP contribution >= 0.6 is 0 Å². The normalized spacial score (nSPS) is 23.0. The zero-order valence-corrected chi connectivity index (χ0v) is 10.7. The Morgan fingerprint density at radius 3 is 2.50 bits per heavy atom. The van der Waals surface area contributed by atoms with E-state index in [1.54, 1.807) is 11.8 Å². The summed E-state index contributed by atoms with van der Waals surface area (Å²) in [4.78, 5) is 15.5. The lowest BCUT2D eigenvalue weighted by Crippen LogP contribution is -2.55. The fourth-order valence-corrected chi connectivity index (χ4v) is 2.27. The molecule has 0 N–H and O–H groups in total. The zero-order chi connectivity index (χ0) is 13.0. The number of hydrogen-bond donors (Lipinski definition) is 0. The van der Waals surface area contributed by atoms with Gasteiger partial charge in [-0.1, -0.05) is 0 Å². The summed E-state index contributed by atoms with van der Waals surface area (Å²) in [5, 5.41) is 9.14. The lowest BCUT2D eigenvalue weighted by Gasteiger charge is -2.42. The van der Waals surface area contributed by atoms with Crippen LogP contribution in [0.2, 0.25) is 0 Å². The molecular formula is C12H19N3O3. The lowest BCUT2D eigenvalue weighted by molar-refractivity contribution is -0.0943. The minimum atomic E-state index is -0.327. The molecule has 0 spiro atoms. The number of ether oxygens (including phenoxy) is 2. The van der Waals surface area contributed by atoms with Gasteiger partial charge in [0, 0.05) is 32.7 Å². The van der Waals surface area contributed by atoms with Crippen LogP contribution in [0.4, 0.5) is 4.79 Å². The van der Waals surface area contributed by atoms with Crippen molar-refractivity contribution in [3.8, 4) is 6.07 Å². The Labute approximate surface area is 107 Å². The fourth-order valence-electron chi connectivity index (χ4n) is 2.27. The van der Waals surface area contributed by atoms with E-state index in [1.807, 2.05) is 0 Å². The number of rotatable bonds is 3. The van der Waals surface area contributed by atoms with Crippen molar-refractivity contribution in [1.82, 2.24) is 9.80 Å². The first-order valence-electron chi connectivity index (χ1n) is 6.32. The molecule has 0 saturated carbocycles. The summed E-state index contributed by atoms with van der Waals surface area (Å²) in [5.74, 6) is 0. The van der Waals surface area contributed by atoms with Crippen LogP contribution in [0, 0.1) is 16.7 Å². The molecule has 2 aliphatic heterocycles. The summed E-state index contributed by atoms with van der Waals surface area (Å²) in [7, 11) is 0. The molecule has 1 amide bonds. The van der Waals surface area contributed by atoms with Crippen LogP contribution in [0.15, 0.2) is 0 Å². The molecule has 2 fully saturated rings. The van der Waals surface area contributed by atoms with E-state index in [2.05, 4.69) is 11.0 Å². The van der Waals surface area contributed by atoms with Gasteiger partial charge in [-0.3, -0.25) is 4.90 Å². The van der Waals surface area contributed by atoms with Crippen molar-refractivity contribution >= 4 is 6.09 Å². The van der Waals surface area contributed by atoms with Crippen LogP contribution in [0.5, 0.6) is 0 Å². The third kappa shape index (κ3) is 2.74. The zero-order valence-electron chi connectivity index (χ0n) is 10.7. The van der Waals surface area contributed by atoms with E-state index >= 15 is 0 Å². The highest BCUT2D eigenvalue weighted by Gasteiger charge is 2.41. The van der Waals surface area contributed by atoms with Crippen LogP contribution in [-0.4, -0.2) is 68.4 Å². The van der Waals surface area contributed by atoms with Crippen LogP contribution in [-0.2, 0) is 9.47 Å². The summed E-state index contributed by atoms with van der Waals surface area (Å²) in [5.41, 5.74) is -0.327. The molecule has 0 aromatic carbocycles. The van der Waals surface area contributed by atoms with Gasteiger partial charge in [0.2, 0.25) is 0 Å². The molecule has 0 unspecified atom stereocenters. The first-order valence-corrected chi connectivity index (χ1v) is 6.32. The second-order valence-electron chi connectivity index (χ2n) is 4.85. The van der Waals surface area contributed by atoms with E-state index in [4.69, 9.17) is 14.7 Å². The average molecular weight is 253 g/mol. The molecule has 6 nitrogen and oxygen atoms in total. The first-order chi connectivity index (χ1) is 8.69. The average Bonchev–Trinajstić information content (AvgIpc) is 2.35. The van der Waals surface area contributed by atoms with Gasteiger partial charge >= 0.3 is 6.09 Å². The van der Waals surface area contributed by atoms with E-state index < -0.39 is 0 Å². The van der Waals surface area contributed by atoms with E-state index in [0.717, 1.165) is 19.6 Å². The molecule has 0 atom stereocenters. The molecule has 6 heteroatoms. The molecular weight excluding hydrogens is 234 g/mol. The van der Waals surface area contributed by atoms with Gasteiger partial charge in [0.25, 0.3) is 0 Å². The minimum absolute atomic E-state index is 0.237. The largest absolute Gasteiger partial charge is 0.450 e. The number of nitrogens with zero attached hydrogens (tertiary/aromatic N) is 3. The molecule has 0 aliphatic carbocycles. The van der Waals surface area contributed by atoms with Crippen molar-refractivity contribution in [1.29, 1.82) is 5.26 Å². The standard InChI is InChI=1S/C12H19N3O3/c1-2-18-11(16)15-5-3-14(4-6-15)8-12(7-13)9-17-10-12/h2-6,8-10H2,1H3. The highest BCUT2D eigenvalue weighted by atomic mass is 16.6. The summed E-state index contributed by atoms with van der Waals surface area (Å²) < 4.78 is 10.1. The second-order valence-corrected chi connectivity index (χ2v) is 4.85. The van der Waals surface area contributed by atoms with Gasteiger partial charge < -0.3 is 14.4 Å². The molecule has 2 saturated heterocycles. The van der Waals surface area contributed by atoms with Crippen LogP contribution in [0.1, 0.15) is 6.92 Å². The maximum atomic E-state index is 11.5. The van der Waals surface area contributed by atoms with Gasteiger partial charge in [0.15, 0.2) is 0 Å². The Morgan fingerprint density at radius 2 is 2.06 bits per heavy atom. The predicted octanol–water partition coefficient (Wildman–Crippen LogP) is 0.301. The van der Waals surface area contributed by atoms with Gasteiger partial charge in [-0.05, 0) is 6.92 Å². The topological polar surface area (TPSA) is 65.8 Å². The van der Waals surface area contributed by atoms with Crippen LogP contribution in [0.3, 0.4) is 0 Å². The minimum Gasteiger partial charge on any atom is -0.450 e. The molecule has 0 aromatic heterocycles. The van der Waals surface area contributed by atoms with Crippen molar-refractivity contribution < 1.29 is 14.3 Å². The van der Waals surface area contributed by atoms with Crippen molar-refractivity contribution in [3.05, 3.63) is 0 Å². The third-order valence-corrected chi connectivity index (χ3v) is 3.42. The van der Waals surface area contributed by atoms with E-state index in [-0.39, 0.29) is 11.5 Å². The molecule has 18 heavy (non-hydrogen) atoms. The van der Waals surface area contributed by atoms with Crippen molar-refractivity contribution in [2.24, 2.45) is 5.41 Å². The molecule has 0 radical (unpaired) electrons. The van der Waals surface area contributed by atoms with Crippen molar-refractivity contribution in [3.63, 3.8) is 0 Å². The number of carbonyl (C=O) groups is 1. The third-order valence-electron chi connectivity index (χ3n) is 3.42. The van der Waals surface area contributed by atoms with Gasteiger partial charge in [0.05, 0.1) is 25.9 Å². The fraction of sp³-hybridized carbons (Fsp3) is 0.833. The quantitative estimate of drug-likeness (QED) is 0.723. The Hall–Kier alpha value is -1.32. The summed E-state index contributed by atoms with van der Waals surface area (Å²) in [6, 6.07) is 2.34. The Balaban J connectivity index is 1.77.